The highest BCUT2D eigenvalue weighted by Crippen LogP contribution is 2.39. The minimum absolute atomic E-state index is 0.0625. The zero-order valence-electron chi connectivity index (χ0n) is 21.2. The SMILES string of the molecule is CCOc1cc(/C=C2\SC(=Nc3ccc(Cl)cc3)N(CC(C)C)C2=O)cc(I)c1OCc1ccc(Cl)cc1. The molecule has 4 rings (SSSR count). The van der Waals surface area contributed by atoms with Gasteiger partial charge in [-0.05, 0) is 113 Å². The molecule has 9 heteroatoms. The zero-order chi connectivity index (χ0) is 27.2. The van der Waals surface area contributed by atoms with Crippen molar-refractivity contribution in [1.82, 2.24) is 4.90 Å². The maximum Gasteiger partial charge on any atom is 0.266 e. The van der Waals surface area contributed by atoms with Gasteiger partial charge < -0.3 is 9.47 Å². The first-order chi connectivity index (χ1) is 18.2. The van der Waals surface area contributed by atoms with Crippen molar-refractivity contribution in [3.63, 3.8) is 0 Å². The quantitative estimate of drug-likeness (QED) is 0.167. The third-order valence-corrected chi connectivity index (χ3v) is 7.72. The molecule has 0 bridgehead atoms. The number of rotatable bonds is 9. The Morgan fingerprint density at radius 2 is 1.68 bits per heavy atom. The zero-order valence-corrected chi connectivity index (χ0v) is 25.7. The molecule has 3 aromatic rings. The van der Waals surface area contributed by atoms with Crippen molar-refractivity contribution in [2.75, 3.05) is 13.2 Å². The van der Waals surface area contributed by atoms with E-state index < -0.39 is 0 Å². The van der Waals surface area contributed by atoms with Crippen LogP contribution in [0.25, 0.3) is 6.08 Å². The molecule has 1 saturated heterocycles. The Hall–Kier alpha value is -2.20. The normalized spacial score (nSPS) is 15.7. The van der Waals surface area contributed by atoms with E-state index in [1.807, 2.05) is 61.5 Å². The van der Waals surface area contributed by atoms with Crippen LogP contribution in [0.4, 0.5) is 5.69 Å². The number of amides is 1. The smallest absolute Gasteiger partial charge is 0.266 e. The second-order valence-electron chi connectivity index (χ2n) is 8.97. The van der Waals surface area contributed by atoms with Crippen molar-refractivity contribution in [2.45, 2.75) is 27.4 Å². The van der Waals surface area contributed by atoms with Gasteiger partial charge in [-0.15, -0.1) is 0 Å². The van der Waals surface area contributed by atoms with E-state index in [1.165, 1.54) is 11.8 Å². The number of nitrogens with zero attached hydrogens (tertiary/aromatic N) is 2. The Morgan fingerprint density at radius 1 is 1.03 bits per heavy atom. The van der Waals surface area contributed by atoms with Crippen LogP contribution in [0.5, 0.6) is 11.5 Å². The molecule has 0 aliphatic carbocycles. The van der Waals surface area contributed by atoms with Crippen molar-refractivity contribution in [1.29, 1.82) is 0 Å². The number of aliphatic imine (C=N–C) groups is 1. The predicted molar refractivity (Wildman–Crippen MR) is 167 cm³/mol. The van der Waals surface area contributed by atoms with Gasteiger partial charge in [-0.3, -0.25) is 9.69 Å². The summed E-state index contributed by atoms with van der Waals surface area (Å²) in [6.45, 7) is 7.55. The van der Waals surface area contributed by atoms with E-state index in [4.69, 9.17) is 37.7 Å². The van der Waals surface area contributed by atoms with Gasteiger partial charge in [0, 0.05) is 16.6 Å². The van der Waals surface area contributed by atoms with Gasteiger partial charge in [0.25, 0.3) is 5.91 Å². The molecule has 1 amide bonds. The number of carbonyl (C=O) groups is 1. The molecular formula is C29H27Cl2IN2O3S. The lowest BCUT2D eigenvalue weighted by Gasteiger charge is -2.17. The molecule has 0 unspecified atom stereocenters. The van der Waals surface area contributed by atoms with Crippen molar-refractivity contribution in [2.24, 2.45) is 10.9 Å². The minimum Gasteiger partial charge on any atom is -0.490 e. The first kappa shape index (κ1) is 28.8. The fraction of sp³-hybridized carbons (Fsp3) is 0.241. The van der Waals surface area contributed by atoms with Crippen LogP contribution < -0.4 is 9.47 Å². The average Bonchev–Trinajstić information content (AvgIpc) is 3.14. The number of hydrogen-bond donors (Lipinski definition) is 0. The Kier molecular flexibility index (Phi) is 10.0. The second kappa shape index (κ2) is 13.2. The van der Waals surface area contributed by atoms with Crippen LogP contribution in [0.3, 0.4) is 0 Å². The molecule has 0 spiro atoms. The van der Waals surface area contributed by atoms with Gasteiger partial charge in [0.1, 0.15) is 6.61 Å². The molecule has 38 heavy (non-hydrogen) atoms. The molecule has 0 saturated carbocycles. The summed E-state index contributed by atoms with van der Waals surface area (Å²) in [4.78, 5) is 20.5. The van der Waals surface area contributed by atoms with Crippen molar-refractivity contribution in [3.05, 3.63) is 90.3 Å². The molecule has 0 atom stereocenters. The van der Waals surface area contributed by atoms with Crippen molar-refractivity contribution < 1.29 is 14.3 Å². The molecule has 1 aliphatic heterocycles. The van der Waals surface area contributed by atoms with E-state index in [0.717, 1.165) is 20.4 Å². The van der Waals surface area contributed by atoms with Crippen molar-refractivity contribution >= 4 is 80.4 Å². The minimum atomic E-state index is -0.0625. The number of thioether (sulfide) groups is 1. The summed E-state index contributed by atoms with van der Waals surface area (Å²) >= 11 is 15.6. The van der Waals surface area contributed by atoms with E-state index in [0.29, 0.717) is 51.4 Å². The Labute approximate surface area is 251 Å². The van der Waals surface area contributed by atoms with E-state index in [1.54, 1.807) is 17.0 Å². The number of amidine groups is 1. The van der Waals surface area contributed by atoms with E-state index in [-0.39, 0.29) is 11.8 Å². The van der Waals surface area contributed by atoms with Crippen LogP contribution in [0.2, 0.25) is 10.0 Å². The molecule has 1 aliphatic rings. The molecule has 198 valence electrons. The van der Waals surface area contributed by atoms with E-state index in [2.05, 4.69) is 36.4 Å². The first-order valence-electron chi connectivity index (χ1n) is 12.1. The Balaban J connectivity index is 1.62. The van der Waals surface area contributed by atoms with Crippen LogP contribution in [0, 0.1) is 9.49 Å². The number of halogens is 3. The van der Waals surface area contributed by atoms with Crippen LogP contribution in [-0.2, 0) is 11.4 Å². The monoisotopic (exact) mass is 680 g/mol. The summed E-state index contributed by atoms with van der Waals surface area (Å²) in [6, 6.07) is 18.7. The van der Waals surface area contributed by atoms with Gasteiger partial charge in [-0.2, -0.15) is 0 Å². The topological polar surface area (TPSA) is 51.1 Å². The maximum atomic E-state index is 13.4. The largest absolute Gasteiger partial charge is 0.490 e. The van der Waals surface area contributed by atoms with E-state index >= 15 is 0 Å². The summed E-state index contributed by atoms with van der Waals surface area (Å²) in [5.74, 6) is 1.52. The maximum absolute atomic E-state index is 13.4. The van der Waals surface area contributed by atoms with Crippen LogP contribution in [-0.4, -0.2) is 29.1 Å². The van der Waals surface area contributed by atoms with Crippen LogP contribution >= 0.6 is 57.6 Å². The summed E-state index contributed by atoms with van der Waals surface area (Å²) in [7, 11) is 0. The number of carbonyl (C=O) groups excluding carboxylic acids is 1. The van der Waals surface area contributed by atoms with Gasteiger partial charge >= 0.3 is 0 Å². The lowest BCUT2D eigenvalue weighted by atomic mass is 10.1. The molecule has 1 fully saturated rings. The van der Waals surface area contributed by atoms with E-state index in [9.17, 15) is 4.79 Å². The van der Waals surface area contributed by atoms with Gasteiger partial charge in [-0.25, -0.2) is 4.99 Å². The third kappa shape index (κ3) is 7.46. The van der Waals surface area contributed by atoms with Crippen LogP contribution in [0.1, 0.15) is 31.9 Å². The molecule has 1 heterocycles. The molecule has 0 radical (unpaired) electrons. The average molecular weight is 681 g/mol. The molecule has 3 aromatic carbocycles. The standard InChI is InChI=1S/C29H27Cl2IN2O3S/c1-4-36-25-14-20(13-24(32)27(25)37-17-19-5-7-21(30)8-6-19)15-26-28(35)34(16-18(2)3)29(38-26)33-23-11-9-22(31)10-12-23/h5-15,18H,4,16-17H2,1-3H3/b26-15-,33-29?. The Bertz CT molecular complexity index is 1360. The second-order valence-corrected chi connectivity index (χ2v) is 12.0. The highest BCUT2D eigenvalue weighted by molar-refractivity contribution is 14.1. The van der Waals surface area contributed by atoms with Gasteiger partial charge in [0.2, 0.25) is 0 Å². The lowest BCUT2D eigenvalue weighted by Crippen LogP contribution is -2.32. The number of benzene rings is 3. The number of hydrogen-bond acceptors (Lipinski definition) is 5. The summed E-state index contributed by atoms with van der Waals surface area (Å²) in [5, 5.41) is 1.98. The van der Waals surface area contributed by atoms with Crippen molar-refractivity contribution in [3.8, 4) is 11.5 Å². The molecule has 0 aromatic heterocycles. The predicted octanol–water partition coefficient (Wildman–Crippen LogP) is 8.84. The summed E-state index contributed by atoms with van der Waals surface area (Å²) in [6.07, 6.45) is 1.89. The molecule has 0 N–H and O–H groups in total. The van der Waals surface area contributed by atoms with Gasteiger partial charge in [0.05, 0.1) is 20.8 Å². The molecule has 5 nitrogen and oxygen atoms in total. The summed E-state index contributed by atoms with van der Waals surface area (Å²) < 4.78 is 13.0. The molecular weight excluding hydrogens is 654 g/mol. The third-order valence-electron chi connectivity index (χ3n) is 5.41. The highest BCUT2D eigenvalue weighted by atomic mass is 127. The fourth-order valence-corrected chi connectivity index (χ4v) is 5.75. The lowest BCUT2D eigenvalue weighted by molar-refractivity contribution is -0.122. The first-order valence-corrected chi connectivity index (χ1v) is 14.8. The van der Waals surface area contributed by atoms with Gasteiger partial charge in [-0.1, -0.05) is 49.2 Å². The summed E-state index contributed by atoms with van der Waals surface area (Å²) in [5.41, 5.74) is 2.60. The Morgan fingerprint density at radius 3 is 2.32 bits per heavy atom. The van der Waals surface area contributed by atoms with Crippen LogP contribution in [0.15, 0.2) is 70.6 Å². The fourth-order valence-electron chi connectivity index (χ4n) is 3.71. The number of ether oxygens (including phenoxy) is 2. The highest BCUT2D eigenvalue weighted by Gasteiger charge is 2.34. The van der Waals surface area contributed by atoms with Gasteiger partial charge in [0.15, 0.2) is 16.7 Å².